The summed E-state index contributed by atoms with van der Waals surface area (Å²) in [7, 11) is 0. The van der Waals surface area contributed by atoms with Crippen molar-refractivity contribution in [2.45, 2.75) is 12.5 Å². The van der Waals surface area contributed by atoms with Gasteiger partial charge < -0.3 is 10.4 Å². The first kappa shape index (κ1) is 22.7. The zero-order chi connectivity index (χ0) is 24.2. The van der Waals surface area contributed by atoms with E-state index in [1.54, 1.807) is 42.5 Å². The third kappa shape index (κ3) is 4.93. The van der Waals surface area contributed by atoms with Gasteiger partial charge in [0.05, 0.1) is 12.5 Å². The van der Waals surface area contributed by atoms with Gasteiger partial charge in [0.25, 0.3) is 11.5 Å². The van der Waals surface area contributed by atoms with Crippen molar-refractivity contribution in [2.24, 2.45) is 0 Å². The summed E-state index contributed by atoms with van der Waals surface area (Å²) in [5.74, 6) is -2.90. The number of para-hydroxylation sites is 1. The summed E-state index contributed by atoms with van der Waals surface area (Å²) in [4.78, 5) is 36.5. The van der Waals surface area contributed by atoms with Crippen molar-refractivity contribution in [3.05, 3.63) is 112 Å². The molecule has 7 nitrogen and oxygen atoms in total. The van der Waals surface area contributed by atoms with E-state index >= 15 is 0 Å². The molecule has 0 radical (unpaired) electrons. The number of rotatable bonds is 7. The van der Waals surface area contributed by atoms with Gasteiger partial charge in [-0.1, -0.05) is 48.5 Å². The van der Waals surface area contributed by atoms with E-state index in [-0.39, 0.29) is 17.2 Å². The van der Waals surface area contributed by atoms with Crippen LogP contribution in [-0.4, -0.2) is 26.8 Å². The number of carbonyl (C=O) groups excluding carboxylic acids is 1. The van der Waals surface area contributed by atoms with Crippen LogP contribution in [0.5, 0.6) is 0 Å². The van der Waals surface area contributed by atoms with E-state index in [9.17, 15) is 28.3 Å². The molecule has 0 aliphatic rings. The third-order valence-electron chi connectivity index (χ3n) is 5.21. The van der Waals surface area contributed by atoms with Crippen LogP contribution < -0.4 is 10.9 Å². The Labute approximate surface area is 192 Å². The van der Waals surface area contributed by atoms with Gasteiger partial charge in [0.15, 0.2) is 0 Å². The monoisotopic (exact) mass is 463 g/mol. The first-order valence-electron chi connectivity index (χ1n) is 10.3. The highest BCUT2D eigenvalue weighted by Gasteiger charge is 2.21. The Hall–Kier alpha value is -4.53. The number of halogens is 2. The van der Waals surface area contributed by atoms with Crippen molar-refractivity contribution in [1.82, 2.24) is 15.1 Å². The SMILES string of the molecule is O=C(O)CC(NC(=O)c1cc(=O)n(-c2ccccc2F)[nH]1)c1ccc(-c2cccc(F)c2)cc1. The van der Waals surface area contributed by atoms with Crippen LogP contribution in [0.1, 0.15) is 28.5 Å². The van der Waals surface area contributed by atoms with E-state index in [1.165, 1.54) is 30.3 Å². The zero-order valence-electron chi connectivity index (χ0n) is 17.7. The molecule has 0 saturated carbocycles. The van der Waals surface area contributed by atoms with Crippen LogP contribution in [0.3, 0.4) is 0 Å². The van der Waals surface area contributed by atoms with Gasteiger partial charge in [-0.05, 0) is 41.0 Å². The summed E-state index contributed by atoms with van der Waals surface area (Å²) in [6, 6.07) is 18.4. The molecular weight excluding hydrogens is 444 g/mol. The maximum absolute atomic E-state index is 14.1. The van der Waals surface area contributed by atoms with Gasteiger partial charge in [-0.15, -0.1) is 0 Å². The fourth-order valence-electron chi connectivity index (χ4n) is 3.56. The number of aromatic amines is 1. The van der Waals surface area contributed by atoms with Crippen molar-refractivity contribution in [3.8, 4) is 16.8 Å². The molecule has 0 spiro atoms. The minimum absolute atomic E-state index is 0.0541. The minimum Gasteiger partial charge on any atom is -0.481 e. The number of aliphatic carboxylic acids is 1. The maximum atomic E-state index is 14.1. The van der Waals surface area contributed by atoms with Gasteiger partial charge >= 0.3 is 5.97 Å². The molecule has 9 heteroatoms. The van der Waals surface area contributed by atoms with Crippen molar-refractivity contribution in [3.63, 3.8) is 0 Å². The second-order valence-corrected chi connectivity index (χ2v) is 7.55. The van der Waals surface area contributed by atoms with E-state index in [2.05, 4.69) is 10.4 Å². The van der Waals surface area contributed by atoms with E-state index in [0.29, 0.717) is 11.1 Å². The number of nitrogens with zero attached hydrogens (tertiary/aromatic N) is 1. The topological polar surface area (TPSA) is 104 Å². The fourth-order valence-corrected chi connectivity index (χ4v) is 3.56. The summed E-state index contributed by atoms with van der Waals surface area (Å²) >= 11 is 0. The lowest BCUT2D eigenvalue weighted by molar-refractivity contribution is -0.137. The van der Waals surface area contributed by atoms with E-state index in [0.717, 1.165) is 16.3 Å². The first-order valence-corrected chi connectivity index (χ1v) is 10.3. The lowest BCUT2D eigenvalue weighted by Gasteiger charge is -2.17. The van der Waals surface area contributed by atoms with Crippen LogP contribution in [0.25, 0.3) is 16.8 Å². The number of amides is 1. The Morgan fingerprint density at radius 3 is 2.35 bits per heavy atom. The highest BCUT2D eigenvalue weighted by molar-refractivity contribution is 5.92. The molecule has 4 aromatic rings. The summed E-state index contributed by atoms with van der Waals surface area (Å²) in [6.07, 6.45) is -0.413. The molecule has 1 heterocycles. The summed E-state index contributed by atoms with van der Waals surface area (Å²) < 4.78 is 28.5. The second kappa shape index (κ2) is 9.53. The molecule has 3 aromatic carbocycles. The summed E-state index contributed by atoms with van der Waals surface area (Å²) in [5, 5.41) is 14.5. The predicted octanol–water partition coefficient (Wildman–Crippen LogP) is 4.06. The van der Waals surface area contributed by atoms with Crippen LogP contribution in [0.4, 0.5) is 8.78 Å². The number of nitrogens with one attached hydrogen (secondary N) is 2. The summed E-state index contributed by atoms with van der Waals surface area (Å²) in [6.45, 7) is 0. The number of benzene rings is 3. The van der Waals surface area contributed by atoms with Crippen LogP contribution in [0.15, 0.2) is 83.7 Å². The van der Waals surface area contributed by atoms with Crippen LogP contribution >= 0.6 is 0 Å². The number of carboxylic acid groups (broad SMARTS) is 1. The average molecular weight is 463 g/mol. The standard InChI is InChI=1S/C25H19F2N3O4/c26-18-5-3-4-17(12-18)15-8-10-16(11-9-15)20(14-24(32)33)28-25(34)21-13-23(31)30(29-21)22-7-2-1-6-19(22)27/h1-13,20,29H,14H2,(H,28,34)(H,32,33). The highest BCUT2D eigenvalue weighted by Crippen LogP contribution is 2.24. The van der Waals surface area contributed by atoms with Crippen molar-refractivity contribution in [1.29, 1.82) is 0 Å². The Balaban J connectivity index is 1.58. The lowest BCUT2D eigenvalue weighted by Crippen LogP contribution is -2.30. The van der Waals surface area contributed by atoms with Gasteiger partial charge in [0, 0.05) is 6.07 Å². The molecule has 0 bridgehead atoms. The Bertz CT molecular complexity index is 1410. The van der Waals surface area contributed by atoms with Gasteiger partial charge in [-0.2, -0.15) is 0 Å². The van der Waals surface area contributed by atoms with Crippen LogP contribution in [-0.2, 0) is 4.79 Å². The zero-order valence-corrected chi connectivity index (χ0v) is 17.7. The van der Waals surface area contributed by atoms with Crippen LogP contribution in [0, 0.1) is 11.6 Å². The molecule has 0 fully saturated rings. The quantitative estimate of drug-likeness (QED) is 0.385. The lowest BCUT2D eigenvalue weighted by atomic mass is 9.99. The Kier molecular flexibility index (Phi) is 6.35. The highest BCUT2D eigenvalue weighted by atomic mass is 19.1. The van der Waals surface area contributed by atoms with Gasteiger partial charge in [-0.25, -0.2) is 13.5 Å². The number of H-pyrrole nitrogens is 1. The van der Waals surface area contributed by atoms with Crippen molar-refractivity contribution < 1.29 is 23.5 Å². The van der Waals surface area contributed by atoms with E-state index in [1.807, 2.05) is 0 Å². The van der Waals surface area contributed by atoms with Crippen molar-refractivity contribution in [2.75, 3.05) is 0 Å². The molecule has 0 saturated heterocycles. The Morgan fingerprint density at radius 2 is 1.68 bits per heavy atom. The fraction of sp³-hybridized carbons (Fsp3) is 0.0800. The first-order chi connectivity index (χ1) is 16.3. The number of hydrogen-bond donors (Lipinski definition) is 3. The van der Waals surface area contributed by atoms with Gasteiger partial charge in [0.1, 0.15) is 23.0 Å². The maximum Gasteiger partial charge on any atom is 0.305 e. The smallest absolute Gasteiger partial charge is 0.305 e. The molecule has 0 aliphatic heterocycles. The number of hydrogen-bond acceptors (Lipinski definition) is 3. The Morgan fingerprint density at radius 1 is 0.941 bits per heavy atom. The summed E-state index contributed by atoms with van der Waals surface area (Å²) in [5.41, 5.74) is 1.02. The van der Waals surface area contributed by atoms with Gasteiger partial charge in [0.2, 0.25) is 0 Å². The number of carboxylic acids is 1. The molecule has 4 rings (SSSR count). The van der Waals surface area contributed by atoms with Crippen molar-refractivity contribution >= 4 is 11.9 Å². The van der Waals surface area contributed by atoms with Crippen LogP contribution in [0.2, 0.25) is 0 Å². The van der Waals surface area contributed by atoms with Gasteiger partial charge in [-0.3, -0.25) is 19.5 Å². The molecular formula is C25H19F2N3O4. The average Bonchev–Trinajstić information content (AvgIpc) is 3.20. The molecule has 1 atom stereocenters. The molecule has 1 unspecified atom stereocenters. The normalized spacial score (nSPS) is 11.7. The molecule has 0 aliphatic carbocycles. The largest absolute Gasteiger partial charge is 0.481 e. The molecule has 1 amide bonds. The predicted molar refractivity (Wildman–Crippen MR) is 121 cm³/mol. The molecule has 3 N–H and O–H groups in total. The number of carbonyl (C=O) groups is 2. The minimum atomic E-state index is -1.14. The van der Waals surface area contributed by atoms with E-state index in [4.69, 9.17) is 0 Å². The third-order valence-corrected chi connectivity index (χ3v) is 5.21. The molecule has 1 aromatic heterocycles. The van der Waals surface area contributed by atoms with E-state index < -0.39 is 35.7 Å². The number of aromatic nitrogens is 2. The second-order valence-electron chi connectivity index (χ2n) is 7.55. The molecule has 34 heavy (non-hydrogen) atoms. The molecule has 172 valence electrons.